The van der Waals surface area contributed by atoms with E-state index in [1.165, 1.54) is 35.4 Å². The van der Waals surface area contributed by atoms with Crippen molar-refractivity contribution in [2.45, 2.75) is 51.6 Å². The first-order valence-corrected chi connectivity index (χ1v) is 11.8. The summed E-state index contributed by atoms with van der Waals surface area (Å²) in [5.74, 6) is -0.141. The maximum Gasteiger partial charge on any atom is 0.227 e. The third-order valence-corrected chi connectivity index (χ3v) is 7.14. The van der Waals surface area contributed by atoms with Gasteiger partial charge in [-0.05, 0) is 56.8 Å². The summed E-state index contributed by atoms with van der Waals surface area (Å²) in [4.78, 5) is 15.0. The second kappa shape index (κ2) is 8.71. The molecule has 2 aliphatic rings. The fourth-order valence-corrected chi connectivity index (χ4v) is 4.89. The van der Waals surface area contributed by atoms with Crippen LogP contribution in [0.15, 0.2) is 24.3 Å². The number of likely N-dealkylation sites (tertiary alicyclic amines) is 1. The van der Waals surface area contributed by atoms with E-state index in [1.54, 1.807) is 0 Å². The Morgan fingerprint density at radius 1 is 1.07 bits per heavy atom. The maximum absolute atomic E-state index is 12.5. The first kappa shape index (κ1) is 20.3. The molecule has 0 aromatic heterocycles. The number of carbonyl (C=O) groups is 1. The van der Waals surface area contributed by atoms with Crippen LogP contribution < -0.4 is 5.32 Å². The first-order chi connectivity index (χ1) is 12.8. The summed E-state index contributed by atoms with van der Waals surface area (Å²) in [5.41, 5.74) is 2.07. The molecule has 1 unspecified atom stereocenters. The summed E-state index contributed by atoms with van der Waals surface area (Å²) < 4.78 is 24.6. The molecule has 0 aliphatic carbocycles. The second-order valence-corrected chi connectivity index (χ2v) is 9.92. The van der Waals surface area contributed by atoms with E-state index in [0.29, 0.717) is 32.0 Å². The van der Waals surface area contributed by atoms with Gasteiger partial charge < -0.3 is 5.32 Å². The number of rotatable bonds is 5. The normalized spacial score (nSPS) is 23.3. The average Bonchev–Trinajstić information content (AvgIpc) is 2.64. The Morgan fingerprint density at radius 3 is 2.33 bits per heavy atom. The summed E-state index contributed by atoms with van der Waals surface area (Å²) >= 11 is 0. The first-order valence-electron chi connectivity index (χ1n) is 9.92. The van der Waals surface area contributed by atoms with Crippen molar-refractivity contribution in [3.63, 3.8) is 0 Å². The summed E-state index contributed by atoms with van der Waals surface area (Å²) in [6.45, 7) is 5.25. The molecule has 27 heavy (non-hydrogen) atoms. The number of carbonyl (C=O) groups excluding carboxylic acids is 1. The van der Waals surface area contributed by atoms with Crippen molar-refractivity contribution in [2.24, 2.45) is 5.92 Å². The van der Waals surface area contributed by atoms with Gasteiger partial charge in [0.25, 0.3) is 0 Å². The van der Waals surface area contributed by atoms with Gasteiger partial charge in [-0.15, -0.1) is 0 Å². The van der Waals surface area contributed by atoms with Crippen molar-refractivity contribution in [1.82, 2.24) is 9.21 Å². The minimum atomic E-state index is -3.16. The largest absolute Gasteiger partial charge is 0.326 e. The zero-order chi connectivity index (χ0) is 19.4. The number of hydrogen-bond donors (Lipinski definition) is 1. The van der Waals surface area contributed by atoms with Crippen molar-refractivity contribution < 1.29 is 13.2 Å². The molecule has 2 saturated heterocycles. The Balaban J connectivity index is 1.50. The number of nitrogens with one attached hydrogen (secondary N) is 1. The number of anilines is 1. The van der Waals surface area contributed by atoms with E-state index in [-0.39, 0.29) is 11.8 Å². The van der Waals surface area contributed by atoms with Crippen LogP contribution in [0.2, 0.25) is 0 Å². The smallest absolute Gasteiger partial charge is 0.227 e. The van der Waals surface area contributed by atoms with Gasteiger partial charge in [-0.2, -0.15) is 0 Å². The highest BCUT2D eigenvalue weighted by molar-refractivity contribution is 7.88. The van der Waals surface area contributed by atoms with Crippen LogP contribution in [-0.2, 0) is 21.4 Å². The van der Waals surface area contributed by atoms with E-state index in [1.807, 2.05) is 12.1 Å². The Labute approximate surface area is 163 Å². The standard InChI is InChI=1S/C20H31N3O3S/c1-16-5-3-4-12-22(16)15-17-6-8-19(9-7-17)21-20(24)18-10-13-23(14-11-18)27(2,25)26/h6-9,16,18H,3-5,10-15H2,1-2H3,(H,21,24). The van der Waals surface area contributed by atoms with Gasteiger partial charge in [-0.25, -0.2) is 12.7 Å². The molecule has 0 spiro atoms. The molecular formula is C20H31N3O3S. The van der Waals surface area contributed by atoms with Crippen molar-refractivity contribution >= 4 is 21.6 Å². The number of hydrogen-bond acceptors (Lipinski definition) is 4. The lowest BCUT2D eigenvalue weighted by Crippen LogP contribution is -2.40. The molecule has 3 rings (SSSR count). The SMILES string of the molecule is CC1CCCCN1Cc1ccc(NC(=O)C2CCN(S(C)(=O)=O)CC2)cc1. The predicted octanol–water partition coefficient (Wildman–Crippen LogP) is 2.67. The third kappa shape index (κ3) is 5.53. The Hall–Kier alpha value is -1.44. The minimum absolute atomic E-state index is 0.0134. The Morgan fingerprint density at radius 2 is 1.74 bits per heavy atom. The maximum atomic E-state index is 12.5. The second-order valence-electron chi connectivity index (χ2n) is 7.94. The number of piperidine rings is 2. The fourth-order valence-electron chi connectivity index (χ4n) is 4.01. The highest BCUT2D eigenvalue weighted by Gasteiger charge is 2.29. The Bertz CT molecular complexity index is 740. The lowest BCUT2D eigenvalue weighted by atomic mass is 9.97. The lowest BCUT2D eigenvalue weighted by Gasteiger charge is -2.33. The van der Waals surface area contributed by atoms with Crippen LogP contribution in [0.1, 0.15) is 44.6 Å². The average molecular weight is 394 g/mol. The molecule has 0 saturated carbocycles. The number of amides is 1. The number of sulfonamides is 1. The van der Waals surface area contributed by atoms with Crippen molar-refractivity contribution in [3.05, 3.63) is 29.8 Å². The zero-order valence-corrected chi connectivity index (χ0v) is 17.2. The van der Waals surface area contributed by atoms with Crippen LogP contribution in [0.5, 0.6) is 0 Å². The van der Waals surface area contributed by atoms with Gasteiger partial charge in [0.15, 0.2) is 0 Å². The van der Waals surface area contributed by atoms with Gasteiger partial charge in [0, 0.05) is 37.3 Å². The van der Waals surface area contributed by atoms with Gasteiger partial charge in [0.1, 0.15) is 0 Å². The van der Waals surface area contributed by atoms with Crippen LogP contribution in [-0.4, -0.2) is 55.5 Å². The van der Waals surface area contributed by atoms with E-state index >= 15 is 0 Å². The van der Waals surface area contributed by atoms with Crippen LogP contribution in [0.25, 0.3) is 0 Å². The van der Waals surface area contributed by atoms with Gasteiger partial charge in [-0.1, -0.05) is 18.6 Å². The quantitative estimate of drug-likeness (QED) is 0.835. The molecule has 1 aromatic rings. The molecule has 2 aliphatic heterocycles. The third-order valence-electron chi connectivity index (χ3n) is 5.84. The van der Waals surface area contributed by atoms with Crippen LogP contribution >= 0.6 is 0 Å². The van der Waals surface area contributed by atoms with Crippen LogP contribution in [0.4, 0.5) is 5.69 Å². The minimum Gasteiger partial charge on any atom is -0.326 e. The summed E-state index contributed by atoms with van der Waals surface area (Å²) in [6.07, 6.45) is 6.24. The predicted molar refractivity (Wildman–Crippen MR) is 108 cm³/mol. The summed E-state index contributed by atoms with van der Waals surface area (Å²) in [7, 11) is -3.16. The van der Waals surface area contributed by atoms with E-state index < -0.39 is 10.0 Å². The monoisotopic (exact) mass is 393 g/mol. The van der Waals surface area contributed by atoms with E-state index in [4.69, 9.17) is 0 Å². The molecule has 7 heteroatoms. The van der Waals surface area contributed by atoms with E-state index in [0.717, 1.165) is 18.8 Å². The lowest BCUT2D eigenvalue weighted by molar-refractivity contribution is -0.120. The van der Waals surface area contributed by atoms with Crippen molar-refractivity contribution in [2.75, 3.05) is 31.2 Å². The highest BCUT2D eigenvalue weighted by Crippen LogP contribution is 2.22. The van der Waals surface area contributed by atoms with Gasteiger partial charge in [0.05, 0.1) is 6.26 Å². The molecule has 2 heterocycles. The molecule has 1 N–H and O–H groups in total. The molecule has 6 nitrogen and oxygen atoms in total. The summed E-state index contributed by atoms with van der Waals surface area (Å²) in [5, 5.41) is 2.98. The van der Waals surface area contributed by atoms with Crippen molar-refractivity contribution in [3.8, 4) is 0 Å². The topological polar surface area (TPSA) is 69.7 Å². The zero-order valence-electron chi connectivity index (χ0n) is 16.4. The molecule has 1 atom stereocenters. The van der Waals surface area contributed by atoms with Gasteiger partial charge >= 0.3 is 0 Å². The summed E-state index contributed by atoms with van der Waals surface area (Å²) in [6, 6.07) is 8.74. The molecule has 150 valence electrons. The molecular weight excluding hydrogens is 362 g/mol. The van der Waals surface area contributed by atoms with Crippen molar-refractivity contribution in [1.29, 1.82) is 0 Å². The van der Waals surface area contributed by atoms with E-state index in [9.17, 15) is 13.2 Å². The van der Waals surface area contributed by atoms with Crippen LogP contribution in [0.3, 0.4) is 0 Å². The Kier molecular flexibility index (Phi) is 6.55. The van der Waals surface area contributed by atoms with Crippen LogP contribution in [0, 0.1) is 5.92 Å². The van der Waals surface area contributed by atoms with Gasteiger partial charge in [0.2, 0.25) is 15.9 Å². The number of benzene rings is 1. The molecule has 0 bridgehead atoms. The van der Waals surface area contributed by atoms with Gasteiger partial charge in [-0.3, -0.25) is 9.69 Å². The fraction of sp³-hybridized carbons (Fsp3) is 0.650. The molecule has 0 radical (unpaired) electrons. The highest BCUT2D eigenvalue weighted by atomic mass is 32.2. The molecule has 1 aromatic carbocycles. The van der Waals surface area contributed by atoms with E-state index in [2.05, 4.69) is 29.3 Å². The molecule has 1 amide bonds. The number of nitrogens with zero attached hydrogens (tertiary/aromatic N) is 2. The molecule has 2 fully saturated rings.